The summed E-state index contributed by atoms with van der Waals surface area (Å²) in [5.41, 5.74) is 19.5. The predicted octanol–water partition coefficient (Wildman–Crippen LogP) is 17.9. The number of anilines is 3. The minimum atomic E-state index is -0.301. The lowest BCUT2D eigenvalue weighted by Gasteiger charge is -2.30. The number of hydrogen-bond donors (Lipinski definition) is 0. The van der Waals surface area contributed by atoms with E-state index in [4.69, 9.17) is 9.97 Å². The van der Waals surface area contributed by atoms with E-state index in [1.54, 1.807) is 0 Å². The molecule has 0 fully saturated rings. The number of fused-ring (bicyclic) bond motifs is 11. The van der Waals surface area contributed by atoms with E-state index in [2.05, 4.69) is 245 Å². The molecule has 0 amide bonds. The van der Waals surface area contributed by atoms with Crippen molar-refractivity contribution >= 4 is 60.2 Å². The van der Waals surface area contributed by atoms with Gasteiger partial charge in [0.2, 0.25) is 0 Å². The number of pyridine rings is 1. The third-order valence-corrected chi connectivity index (χ3v) is 16.1. The third-order valence-electron chi connectivity index (χ3n) is 16.1. The molecule has 72 heavy (non-hydrogen) atoms. The molecular formula is C68H50N4. The molecule has 4 heteroatoms. The van der Waals surface area contributed by atoms with Crippen LogP contribution in [0.5, 0.6) is 0 Å². The summed E-state index contributed by atoms with van der Waals surface area (Å²) in [6.07, 6.45) is 3.82. The van der Waals surface area contributed by atoms with Crippen LogP contribution in [0.3, 0.4) is 0 Å². The van der Waals surface area contributed by atoms with Crippen molar-refractivity contribution in [2.45, 2.75) is 45.4 Å². The summed E-state index contributed by atoms with van der Waals surface area (Å²) in [5, 5.41) is 9.49. The van der Waals surface area contributed by atoms with Crippen LogP contribution in [0.1, 0.15) is 55.5 Å². The Labute approximate surface area is 420 Å². The average Bonchev–Trinajstić information content (AvgIpc) is 3.78. The van der Waals surface area contributed by atoms with Crippen LogP contribution in [0.4, 0.5) is 17.1 Å². The van der Waals surface area contributed by atoms with Gasteiger partial charge in [0.05, 0.1) is 22.8 Å². The maximum Gasteiger partial charge on any atom is 0.160 e. The van der Waals surface area contributed by atoms with Gasteiger partial charge in [-0.3, -0.25) is 4.98 Å². The van der Waals surface area contributed by atoms with Crippen LogP contribution in [0.25, 0.3) is 99.2 Å². The summed E-state index contributed by atoms with van der Waals surface area (Å²) in [6.45, 7) is 11.8. The van der Waals surface area contributed by atoms with Crippen LogP contribution in [-0.4, -0.2) is 15.0 Å². The van der Waals surface area contributed by atoms with Gasteiger partial charge in [-0.25, -0.2) is 9.97 Å². The van der Waals surface area contributed by atoms with Gasteiger partial charge in [-0.05, 0) is 127 Å². The summed E-state index contributed by atoms with van der Waals surface area (Å²) in [4.78, 5) is 18.1. The van der Waals surface area contributed by atoms with Crippen molar-refractivity contribution in [2.24, 2.45) is 0 Å². The fourth-order valence-corrected chi connectivity index (χ4v) is 12.4. The zero-order valence-electron chi connectivity index (χ0n) is 41.0. The molecule has 0 unspecified atom stereocenters. The molecule has 0 saturated carbocycles. The first kappa shape index (κ1) is 42.2. The first-order chi connectivity index (χ1) is 35.1. The van der Waals surface area contributed by atoms with Crippen molar-refractivity contribution < 1.29 is 0 Å². The lowest BCUT2D eigenvalue weighted by atomic mass is 9.79. The van der Waals surface area contributed by atoms with Crippen LogP contribution in [0.2, 0.25) is 0 Å². The molecule has 2 heterocycles. The smallest absolute Gasteiger partial charge is 0.160 e. The summed E-state index contributed by atoms with van der Waals surface area (Å²) in [5.74, 6) is 0.710. The van der Waals surface area contributed by atoms with Gasteiger partial charge in [0.1, 0.15) is 0 Å². The van der Waals surface area contributed by atoms with Crippen LogP contribution in [0, 0.1) is 6.92 Å². The number of aromatic nitrogens is 3. The summed E-state index contributed by atoms with van der Waals surface area (Å²) >= 11 is 0. The molecule has 0 aliphatic heterocycles. The van der Waals surface area contributed by atoms with E-state index in [9.17, 15) is 0 Å². The Balaban J connectivity index is 0.933. The second-order valence-electron chi connectivity index (χ2n) is 20.8. The van der Waals surface area contributed by atoms with E-state index < -0.39 is 0 Å². The first-order valence-electron chi connectivity index (χ1n) is 25.1. The van der Waals surface area contributed by atoms with Crippen LogP contribution in [-0.2, 0) is 10.8 Å². The Morgan fingerprint density at radius 1 is 0.389 bits per heavy atom. The fourth-order valence-electron chi connectivity index (χ4n) is 12.4. The van der Waals surface area contributed by atoms with E-state index in [0.29, 0.717) is 5.82 Å². The Kier molecular flexibility index (Phi) is 9.16. The lowest BCUT2D eigenvalue weighted by molar-refractivity contribution is 0.652. The quantitative estimate of drug-likeness (QED) is 0.167. The minimum Gasteiger partial charge on any atom is -0.309 e. The minimum absolute atomic E-state index is 0.284. The number of nitrogens with zero attached hydrogens (tertiary/aromatic N) is 4. The molecule has 14 rings (SSSR count). The molecule has 0 saturated heterocycles. The average molecular weight is 923 g/mol. The molecule has 10 aromatic carbocycles. The van der Waals surface area contributed by atoms with E-state index in [0.717, 1.165) is 55.8 Å². The van der Waals surface area contributed by atoms with Crippen molar-refractivity contribution in [1.82, 2.24) is 15.0 Å². The topological polar surface area (TPSA) is 41.9 Å². The SMILES string of the molecule is Cc1c(-c2cccc3ccccc23)nc(-c2ccc3c(c2)C(C)(C)c2cc4c(cc2-3)C(C)(C)c2cc(N(c3ccccc3)c3cccc5ccccc35)c3ccccc3c2-4)nc1-c1cccc2ccncc12. The standard InChI is InChI=1S/C68H50N4/c1-41-64(52-29-15-20-42-18-9-11-25-47(42)52)70-66(71-65(41)53-30-16-21-44-34-35-69-40-56(44)53)45-32-33-49-54-37-59-55(38-58(54)67(2,3)57(49)36-45)63-51-28-14-13-27-50(51)62(39-60(63)68(59,4)5)72(46-23-7-6-8-24-46)61-31-17-22-43-19-10-12-26-48(43)61/h6-40H,1-5H3. The monoisotopic (exact) mass is 922 g/mol. The molecule has 12 aromatic rings. The van der Waals surface area contributed by atoms with Gasteiger partial charge in [0, 0.05) is 67.3 Å². The van der Waals surface area contributed by atoms with Gasteiger partial charge >= 0.3 is 0 Å². The van der Waals surface area contributed by atoms with Crippen LogP contribution in [0.15, 0.2) is 213 Å². The summed E-state index contributed by atoms with van der Waals surface area (Å²) in [6, 6.07) is 73.4. The van der Waals surface area contributed by atoms with E-state index >= 15 is 0 Å². The zero-order chi connectivity index (χ0) is 48.5. The highest BCUT2D eigenvalue weighted by atomic mass is 15.1. The van der Waals surface area contributed by atoms with E-state index in [1.807, 2.05) is 12.4 Å². The van der Waals surface area contributed by atoms with Gasteiger partial charge in [0.25, 0.3) is 0 Å². The van der Waals surface area contributed by atoms with Crippen molar-refractivity contribution in [1.29, 1.82) is 0 Å². The molecule has 0 spiro atoms. The molecule has 0 bridgehead atoms. The largest absolute Gasteiger partial charge is 0.309 e. The number of hydrogen-bond acceptors (Lipinski definition) is 4. The van der Waals surface area contributed by atoms with Gasteiger partial charge in [0.15, 0.2) is 5.82 Å². The number of para-hydroxylation sites is 1. The van der Waals surface area contributed by atoms with Gasteiger partial charge in [-0.2, -0.15) is 0 Å². The van der Waals surface area contributed by atoms with Crippen LogP contribution < -0.4 is 4.90 Å². The highest BCUT2D eigenvalue weighted by Crippen LogP contribution is 2.59. The Hall–Kier alpha value is -8.73. The van der Waals surface area contributed by atoms with Crippen molar-refractivity contribution in [2.75, 3.05) is 4.90 Å². The predicted molar refractivity (Wildman–Crippen MR) is 301 cm³/mol. The van der Waals surface area contributed by atoms with Crippen molar-refractivity contribution in [3.63, 3.8) is 0 Å². The molecule has 0 radical (unpaired) electrons. The zero-order valence-corrected chi connectivity index (χ0v) is 41.0. The Morgan fingerprint density at radius 2 is 0.944 bits per heavy atom. The maximum absolute atomic E-state index is 5.52. The normalized spacial score (nSPS) is 13.8. The van der Waals surface area contributed by atoms with Crippen LogP contribution >= 0.6 is 0 Å². The van der Waals surface area contributed by atoms with E-state index in [-0.39, 0.29) is 10.8 Å². The molecule has 4 nitrogen and oxygen atoms in total. The summed E-state index contributed by atoms with van der Waals surface area (Å²) < 4.78 is 0. The second-order valence-corrected chi connectivity index (χ2v) is 20.8. The number of rotatable bonds is 6. The molecule has 0 N–H and O–H groups in total. The Morgan fingerprint density at radius 3 is 1.69 bits per heavy atom. The Bertz CT molecular complexity index is 4120. The number of benzene rings is 10. The molecule has 2 aliphatic carbocycles. The highest BCUT2D eigenvalue weighted by Gasteiger charge is 2.43. The molecule has 0 atom stereocenters. The van der Waals surface area contributed by atoms with Crippen molar-refractivity contribution in [3.8, 4) is 56.2 Å². The van der Waals surface area contributed by atoms with Gasteiger partial charge < -0.3 is 4.90 Å². The molecule has 2 aliphatic rings. The maximum atomic E-state index is 5.52. The highest BCUT2D eigenvalue weighted by molar-refractivity contribution is 6.12. The summed E-state index contributed by atoms with van der Waals surface area (Å²) in [7, 11) is 0. The third kappa shape index (κ3) is 6.15. The van der Waals surface area contributed by atoms with Gasteiger partial charge in [-0.15, -0.1) is 0 Å². The van der Waals surface area contributed by atoms with Gasteiger partial charge in [-0.1, -0.05) is 179 Å². The fraction of sp³-hybridized carbons (Fsp3) is 0.103. The van der Waals surface area contributed by atoms with Crippen molar-refractivity contribution in [3.05, 3.63) is 240 Å². The second kappa shape index (κ2) is 15.6. The molecular weight excluding hydrogens is 873 g/mol. The molecule has 2 aromatic heterocycles. The molecule has 342 valence electrons. The lowest BCUT2D eigenvalue weighted by Crippen LogP contribution is -2.18. The first-order valence-corrected chi connectivity index (χ1v) is 25.1. The van der Waals surface area contributed by atoms with E-state index in [1.165, 1.54) is 82.5 Å².